The summed E-state index contributed by atoms with van der Waals surface area (Å²) in [5.74, 6) is 0. The molecule has 1 fully saturated rings. The zero-order valence-electron chi connectivity index (χ0n) is 14.2. The number of thioether (sulfide) groups is 1. The van der Waals surface area contributed by atoms with Gasteiger partial charge in [-0.05, 0) is 31.6 Å². The number of carbonyl (C=O) groups is 1. The zero-order chi connectivity index (χ0) is 17.4. The topological polar surface area (TPSA) is 77.0 Å². The molecular formula is C17H26N4O2S. The molecule has 1 saturated heterocycles. The highest BCUT2D eigenvalue weighted by molar-refractivity contribution is 8.13. The number of amides is 2. The molecule has 1 heterocycles. The van der Waals surface area contributed by atoms with Crippen LogP contribution in [0.1, 0.15) is 25.3 Å². The van der Waals surface area contributed by atoms with Crippen LogP contribution in [0, 0.1) is 0 Å². The van der Waals surface area contributed by atoms with Gasteiger partial charge in [-0.1, -0.05) is 42.1 Å². The maximum atomic E-state index is 12.0. The SMILES string of the molecule is CSC(=NC(C)NC(=O)NCc1ccccc1)N1CCC(O)CC1. The van der Waals surface area contributed by atoms with Crippen LogP contribution in [0.3, 0.4) is 0 Å². The van der Waals surface area contributed by atoms with Gasteiger partial charge in [-0.15, -0.1) is 0 Å². The standard InChI is InChI=1S/C17H26N4O2S/c1-13(19-16(23)18-12-14-6-4-3-5-7-14)20-17(24-2)21-10-8-15(22)9-11-21/h3-7,13,15,22H,8-12H2,1-2H3,(H2,18,19,23). The van der Waals surface area contributed by atoms with Crippen LogP contribution in [0.15, 0.2) is 35.3 Å². The van der Waals surface area contributed by atoms with E-state index in [1.54, 1.807) is 11.8 Å². The van der Waals surface area contributed by atoms with Crippen LogP contribution in [-0.4, -0.2) is 52.8 Å². The Labute approximate surface area is 147 Å². The second-order valence-electron chi connectivity index (χ2n) is 5.82. The van der Waals surface area contributed by atoms with Crippen molar-refractivity contribution in [1.82, 2.24) is 15.5 Å². The number of carbonyl (C=O) groups excluding carboxylic acids is 1. The second-order valence-corrected chi connectivity index (χ2v) is 6.60. The normalized spacial score (nSPS) is 17.5. The molecule has 0 radical (unpaired) electrons. The first kappa shape index (κ1) is 18.6. The summed E-state index contributed by atoms with van der Waals surface area (Å²) in [4.78, 5) is 18.7. The Bertz CT molecular complexity index is 545. The number of urea groups is 1. The molecule has 6 nitrogen and oxygen atoms in total. The first-order chi connectivity index (χ1) is 11.6. The molecule has 2 rings (SSSR count). The molecule has 132 valence electrons. The van der Waals surface area contributed by atoms with E-state index in [0.29, 0.717) is 6.54 Å². The Morgan fingerprint density at radius 2 is 2.04 bits per heavy atom. The maximum absolute atomic E-state index is 12.0. The Balaban J connectivity index is 1.81. The van der Waals surface area contributed by atoms with Gasteiger partial charge in [-0.25, -0.2) is 9.79 Å². The van der Waals surface area contributed by atoms with E-state index in [-0.39, 0.29) is 18.3 Å². The maximum Gasteiger partial charge on any atom is 0.316 e. The molecule has 0 spiro atoms. The van der Waals surface area contributed by atoms with Crippen molar-refractivity contribution in [2.75, 3.05) is 19.3 Å². The fraction of sp³-hybridized carbons (Fsp3) is 0.529. The van der Waals surface area contributed by atoms with Gasteiger partial charge in [-0.2, -0.15) is 0 Å². The molecule has 1 aromatic carbocycles. The number of amidine groups is 1. The van der Waals surface area contributed by atoms with Crippen molar-refractivity contribution < 1.29 is 9.90 Å². The minimum atomic E-state index is -0.310. The Morgan fingerprint density at radius 3 is 2.67 bits per heavy atom. The molecule has 7 heteroatoms. The number of hydrogen-bond donors (Lipinski definition) is 3. The number of nitrogens with one attached hydrogen (secondary N) is 2. The lowest BCUT2D eigenvalue weighted by Crippen LogP contribution is -2.42. The summed E-state index contributed by atoms with van der Waals surface area (Å²) in [6.07, 6.45) is 2.99. The summed E-state index contributed by atoms with van der Waals surface area (Å²) in [6.45, 7) is 3.95. The summed E-state index contributed by atoms with van der Waals surface area (Å²) in [5.41, 5.74) is 1.06. The van der Waals surface area contributed by atoms with E-state index >= 15 is 0 Å². The fourth-order valence-corrected chi connectivity index (χ4v) is 3.24. The summed E-state index contributed by atoms with van der Waals surface area (Å²) in [6, 6.07) is 9.55. The van der Waals surface area contributed by atoms with Crippen molar-refractivity contribution in [3.63, 3.8) is 0 Å². The zero-order valence-corrected chi connectivity index (χ0v) is 15.1. The molecule has 1 aromatic rings. The van der Waals surface area contributed by atoms with Crippen molar-refractivity contribution in [2.45, 2.75) is 38.6 Å². The monoisotopic (exact) mass is 350 g/mol. The molecule has 24 heavy (non-hydrogen) atoms. The van der Waals surface area contributed by atoms with Crippen LogP contribution in [0.4, 0.5) is 4.79 Å². The molecular weight excluding hydrogens is 324 g/mol. The van der Waals surface area contributed by atoms with Crippen molar-refractivity contribution in [2.24, 2.45) is 4.99 Å². The highest BCUT2D eigenvalue weighted by atomic mass is 32.2. The molecule has 0 aliphatic carbocycles. The van der Waals surface area contributed by atoms with E-state index in [1.165, 1.54) is 0 Å². The van der Waals surface area contributed by atoms with Gasteiger partial charge in [0.2, 0.25) is 0 Å². The van der Waals surface area contributed by atoms with Crippen molar-refractivity contribution in [3.05, 3.63) is 35.9 Å². The predicted molar refractivity (Wildman–Crippen MR) is 99.0 cm³/mol. The number of nitrogens with zero attached hydrogens (tertiary/aromatic N) is 2. The van der Waals surface area contributed by atoms with E-state index in [2.05, 4.69) is 20.5 Å². The first-order valence-electron chi connectivity index (χ1n) is 8.21. The van der Waals surface area contributed by atoms with Gasteiger partial charge in [0.25, 0.3) is 0 Å². The molecule has 1 unspecified atom stereocenters. The van der Waals surface area contributed by atoms with Crippen LogP contribution >= 0.6 is 11.8 Å². The van der Waals surface area contributed by atoms with Gasteiger partial charge in [-0.3, -0.25) is 0 Å². The third kappa shape index (κ3) is 6.05. The van der Waals surface area contributed by atoms with Gasteiger partial charge >= 0.3 is 6.03 Å². The van der Waals surface area contributed by atoms with Crippen LogP contribution in [0.25, 0.3) is 0 Å². The lowest BCUT2D eigenvalue weighted by Gasteiger charge is -2.31. The molecule has 1 aliphatic heterocycles. The van der Waals surface area contributed by atoms with E-state index < -0.39 is 0 Å². The van der Waals surface area contributed by atoms with Crippen LogP contribution < -0.4 is 10.6 Å². The van der Waals surface area contributed by atoms with Crippen molar-refractivity contribution >= 4 is 23.0 Å². The van der Waals surface area contributed by atoms with Crippen LogP contribution in [0.2, 0.25) is 0 Å². The average Bonchev–Trinajstić information content (AvgIpc) is 2.59. The van der Waals surface area contributed by atoms with E-state index in [1.807, 2.05) is 43.5 Å². The summed E-state index contributed by atoms with van der Waals surface area (Å²) < 4.78 is 0. The smallest absolute Gasteiger partial charge is 0.316 e. The Kier molecular flexibility index (Phi) is 7.39. The predicted octanol–water partition coefficient (Wildman–Crippen LogP) is 2.01. The van der Waals surface area contributed by atoms with E-state index in [4.69, 9.17) is 0 Å². The summed E-state index contributed by atoms with van der Waals surface area (Å²) >= 11 is 1.57. The number of aliphatic hydroxyl groups is 1. The number of benzene rings is 1. The van der Waals surface area contributed by atoms with E-state index in [9.17, 15) is 9.90 Å². The van der Waals surface area contributed by atoms with Crippen molar-refractivity contribution in [3.8, 4) is 0 Å². The van der Waals surface area contributed by atoms with Gasteiger partial charge in [0.1, 0.15) is 6.17 Å². The molecule has 0 aromatic heterocycles. The minimum Gasteiger partial charge on any atom is -0.393 e. The van der Waals surface area contributed by atoms with Gasteiger partial charge < -0.3 is 20.6 Å². The molecule has 0 saturated carbocycles. The summed E-state index contributed by atoms with van der Waals surface area (Å²) in [5, 5.41) is 16.2. The van der Waals surface area contributed by atoms with Crippen molar-refractivity contribution in [1.29, 1.82) is 0 Å². The Morgan fingerprint density at radius 1 is 1.38 bits per heavy atom. The van der Waals surface area contributed by atoms with Gasteiger partial charge in [0, 0.05) is 19.6 Å². The quantitative estimate of drug-likeness (QED) is 0.573. The van der Waals surface area contributed by atoms with Gasteiger partial charge in [0.05, 0.1) is 6.10 Å². The summed E-state index contributed by atoms with van der Waals surface area (Å²) in [7, 11) is 0. The van der Waals surface area contributed by atoms with Gasteiger partial charge in [0.15, 0.2) is 5.17 Å². The molecule has 0 bridgehead atoms. The van der Waals surface area contributed by atoms with Crippen LogP contribution in [0.5, 0.6) is 0 Å². The molecule has 1 atom stereocenters. The number of aliphatic imine (C=N–C) groups is 1. The van der Waals surface area contributed by atoms with Crippen LogP contribution in [-0.2, 0) is 6.54 Å². The highest BCUT2D eigenvalue weighted by Crippen LogP contribution is 2.15. The first-order valence-corrected chi connectivity index (χ1v) is 9.44. The third-order valence-corrected chi connectivity index (χ3v) is 4.59. The van der Waals surface area contributed by atoms with E-state index in [0.717, 1.165) is 36.7 Å². The minimum absolute atomic E-state index is 0.205. The average molecular weight is 350 g/mol. The number of piperidine rings is 1. The number of rotatable bonds is 4. The fourth-order valence-electron chi connectivity index (χ4n) is 2.54. The Hall–Kier alpha value is -1.73. The number of aliphatic hydroxyl groups excluding tert-OH is 1. The highest BCUT2D eigenvalue weighted by Gasteiger charge is 2.20. The third-order valence-electron chi connectivity index (χ3n) is 3.86. The lowest BCUT2D eigenvalue weighted by molar-refractivity contribution is 0.110. The number of likely N-dealkylation sites (tertiary alicyclic amines) is 1. The second kappa shape index (κ2) is 9.54. The largest absolute Gasteiger partial charge is 0.393 e. The lowest BCUT2D eigenvalue weighted by atomic mass is 10.1. The molecule has 2 amide bonds. The number of hydrogen-bond acceptors (Lipinski definition) is 4. The molecule has 1 aliphatic rings. The molecule has 3 N–H and O–H groups in total.